The number of nitrogens with two attached hydrogens (primary N) is 2. The Morgan fingerprint density at radius 2 is 0.868 bits per heavy atom. The van der Waals surface area contributed by atoms with Crippen molar-refractivity contribution in [3.05, 3.63) is 59.7 Å². The number of hydrogen-bond donors (Lipinski definition) is 2. The first-order valence-electron chi connectivity index (χ1n) is 12.5. The molecule has 12 heteroatoms. The molecule has 0 radical (unpaired) electrons. The van der Waals surface area contributed by atoms with Crippen LogP contribution in [0.1, 0.15) is 36.8 Å². The topological polar surface area (TPSA) is 77.0 Å². The number of halogens is 6. The molecule has 0 aromatic heterocycles. The van der Waals surface area contributed by atoms with Gasteiger partial charge in [0.05, 0.1) is 0 Å². The van der Waals surface area contributed by atoms with Gasteiger partial charge in [0.15, 0.2) is 0 Å². The highest BCUT2D eigenvalue weighted by Gasteiger charge is 2.31. The fourth-order valence-corrected chi connectivity index (χ4v) is 4.33. The Labute approximate surface area is 218 Å². The third-order valence-corrected chi connectivity index (χ3v) is 6.39. The van der Waals surface area contributed by atoms with Gasteiger partial charge in [0, 0.05) is 25.2 Å². The van der Waals surface area contributed by atoms with Gasteiger partial charge in [0.1, 0.15) is 11.5 Å². The Bertz CT molecular complexity index is 874. The molecule has 4 N–H and O–H groups in total. The van der Waals surface area contributed by atoms with E-state index < -0.39 is 12.7 Å². The molecule has 2 aromatic carbocycles. The molecule has 2 fully saturated rings. The fourth-order valence-electron chi connectivity index (χ4n) is 4.33. The minimum atomic E-state index is -4.63. The van der Waals surface area contributed by atoms with E-state index in [1.807, 2.05) is 0 Å². The summed E-state index contributed by atoms with van der Waals surface area (Å²) in [5.74, 6) is -0.367. The van der Waals surface area contributed by atoms with E-state index in [0.717, 1.165) is 76.1 Å². The van der Waals surface area contributed by atoms with Crippen molar-refractivity contribution in [3.8, 4) is 11.5 Å². The second-order valence-corrected chi connectivity index (χ2v) is 9.61. The molecule has 212 valence electrons. The maximum Gasteiger partial charge on any atom is 0.573 e. The summed E-state index contributed by atoms with van der Waals surface area (Å²) >= 11 is 0. The summed E-state index contributed by atoms with van der Waals surface area (Å²) in [6.07, 6.45) is -5.40. The zero-order chi connectivity index (χ0) is 27.8. The summed E-state index contributed by atoms with van der Waals surface area (Å²) in [6.45, 7) is 5.20. The summed E-state index contributed by atoms with van der Waals surface area (Å²) in [7, 11) is 0. The smallest absolute Gasteiger partial charge is 0.406 e. The molecular formula is C26H34F6N4O2. The number of benzene rings is 2. The lowest BCUT2D eigenvalue weighted by Crippen LogP contribution is -2.39. The van der Waals surface area contributed by atoms with Gasteiger partial charge in [0.2, 0.25) is 0 Å². The minimum absolute atomic E-state index is 0.183. The van der Waals surface area contributed by atoms with Crippen molar-refractivity contribution < 1.29 is 35.8 Å². The van der Waals surface area contributed by atoms with Crippen LogP contribution in [0.3, 0.4) is 0 Å². The van der Waals surface area contributed by atoms with Gasteiger partial charge in [-0.25, -0.2) is 0 Å². The molecule has 2 heterocycles. The van der Waals surface area contributed by atoms with Crippen LogP contribution in [-0.2, 0) is 13.1 Å². The van der Waals surface area contributed by atoms with Crippen molar-refractivity contribution in [2.75, 3.05) is 26.2 Å². The molecule has 0 aliphatic carbocycles. The van der Waals surface area contributed by atoms with Crippen LogP contribution in [0.2, 0.25) is 0 Å². The van der Waals surface area contributed by atoms with Crippen molar-refractivity contribution in [2.45, 2.75) is 63.6 Å². The van der Waals surface area contributed by atoms with Crippen molar-refractivity contribution in [1.29, 1.82) is 0 Å². The Balaban J connectivity index is 0.000000211. The van der Waals surface area contributed by atoms with Gasteiger partial charge in [-0.05, 0) is 87.3 Å². The first-order valence-corrected chi connectivity index (χ1v) is 12.5. The van der Waals surface area contributed by atoms with Crippen LogP contribution in [0.5, 0.6) is 11.5 Å². The Kier molecular flexibility index (Phi) is 10.7. The Morgan fingerprint density at radius 3 is 1.13 bits per heavy atom. The van der Waals surface area contributed by atoms with Crippen LogP contribution in [0, 0.1) is 0 Å². The van der Waals surface area contributed by atoms with Gasteiger partial charge >= 0.3 is 12.7 Å². The first-order chi connectivity index (χ1) is 17.8. The largest absolute Gasteiger partial charge is 0.573 e. The van der Waals surface area contributed by atoms with Crippen LogP contribution in [0.4, 0.5) is 26.3 Å². The van der Waals surface area contributed by atoms with E-state index >= 15 is 0 Å². The zero-order valence-corrected chi connectivity index (χ0v) is 21.0. The van der Waals surface area contributed by atoms with Crippen LogP contribution in [-0.4, -0.2) is 60.8 Å². The van der Waals surface area contributed by atoms with Crippen LogP contribution >= 0.6 is 0 Å². The van der Waals surface area contributed by atoms with E-state index in [4.69, 9.17) is 11.5 Å². The van der Waals surface area contributed by atoms with E-state index in [0.29, 0.717) is 0 Å². The molecule has 0 amide bonds. The normalized spacial score (nSPS) is 18.5. The minimum Gasteiger partial charge on any atom is -0.406 e. The molecule has 0 saturated carbocycles. The molecule has 2 saturated heterocycles. The first kappa shape index (κ1) is 30.0. The van der Waals surface area contributed by atoms with E-state index in [1.165, 1.54) is 24.3 Å². The lowest BCUT2D eigenvalue weighted by atomic mass is 10.1. The van der Waals surface area contributed by atoms with Gasteiger partial charge in [-0.3, -0.25) is 9.80 Å². The molecule has 0 unspecified atom stereocenters. The number of hydrogen-bond acceptors (Lipinski definition) is 6. The van der Waals surface area contributed by atoms with E-state index in [1.54, 1.807) is 24.3 Å². The van der Waals surface area contributed by atoms with Crippen molar-refractivity contribution >= 4 is 0 Å². The SMILES string of the molecule is NC1CCN(Cc2ccc(OC(F)(F)F)cc2)CC1.NC1CCN(Cc2ccc(OC(F)(F)F)cc2)CC1. The number of ether oxygens (including phenoxy) is 2. The van der Waals surface area contributed by atoms with Crippen molar-refractivity contribution in [1.82, 2.24) is 9.80 Å². The average Bonchev–Trinajstić information content (AvgIpc) is 2.83. The quantitative estimate of drug-likeness (QED) is 0.494. The summed E-state index contributed by atoms with van der Waals surface area (Å²) in [6, 6.07) is 12.6. The molecule has 0 spiro atoms. The van der Waals surface area contributed by atoms with Crippen LogP contribution < -0.4 is 20.9 Å². The fraction of sp³-hybridized carbons (Fsp3) is 0.538. The van der Waals surface area contributed by atoms with Crippen molar-refractivity contribution in [3.63, 3.8) is 0 Å². The lowest BCUT2D eigenvalue weighted by Gasteiger charge is -2.30. The number of nitrogens with zero attached hydrogens (tertiary/aromatic N) is 2. The molecule has 4 rings (SSSR count). The predicted molar refractivity (Wildman–Crippen MR) is 131 cm³/mol. The average molecular weight is 549 g/mol. The molecular weight excluding hydrogens is 514 g/mol. The van der Waals surface area contributed by atoms with Gasteiger partial charge < -0.3 is 20.9 Å². The van der Waals surface area contributed by atoms with Crippen LogP contribution in [0.15, 0.2) is 48.5 Å². The monoisotopic (exact) mass is 548 g/mol. The summed E-state index contributed by atoms with van der Waals surface area (Å²) in [5.41, 5.74) is 13.6. The second-order valence-electron chi connectivity index (χ2n) is 9.61. The molecule has 2 aromatic rings. The molecule has 2 aliphatic rings. The maximum absolute atomic E-state index is 12.0. The van der Waals surface area contributed by atoms with Gasteiger partial charge in [-0.15, -0.1) is 26.3 Å². The number of rotatable bonds is 6. The highest BCUT2D eigenvalue weighted by Crippen LogP contribution is 2.24. The van der Waals surface area contributed by atoms with Crippen LogP contribution in [0.25, 0.3) is 0 Å². The second kappa shape index (κ2) is 13.5. The molecule has 38 heavy (non-hydrogen) atoms. The molecule has 2 aliphatic heterocycles. The molecule has 6 nitrogen and oxygen atoms in total. The van der Waals surface area contributed by atoms with Crippen molar-refractivity contribution in [2.24, 2.45) is 11.5 Å². The predicted octanol–water partition coefficient (Wildman–Crippen LogP) is 5.02. The third kappa shape index (κ3) is 11.5. The van der Waals surface area contributed by atoms with E-state index in [-0.39, 0.29) is 23.6 Å². The Hall–Kier alpha value is -2.54. The zero-order valence-electron chi connectivity index (χ0n) is 21.0. The third-order valence-electron chi connectivity index (χ3n) is 6.39. The number of piperidine rings is 2. The van der Waals surface area contributed by atoms with Gasteiger partial charge in [-0.1, -0.05) is 24.3 Å². The van der Waals surface area contributed by atoms with Gasteiger partial charge in [0.25, 0.3) is 0 Å². The Morgan fingerprint density at radius 1 is 0.579 bits per heavy atom. The highest BCUT2D eigenvalue weighted by atomic mass is 19.4. The lowest BCUT2D eigenvalue weighted by molar-refractivity contribution is -0.275. The summed E-state index contributed by atoms with van der Waals surface area (Å²) in [4.78, 5) is 4.51. The summed E-state index contributed by atoms with van der Waals surface area (Å²) in [5, 5.41) is 0. The van der Waals surface area contributed by atoms with E-state index in [9.17, 15) is 26.3 Å². The number of likely N-dealkylation sites (tertiary alicyclic amines) is 2. The standard InChI is InChI=1S/2C13H17F3N2O/c2*14-13(15,16)19-12-3-1-10(2-4-12)9-18-7-5-11(17)6-8-18/h2*1-4,11H,5-9,17H2. The summed E-state index contributed by atoms with van der Waals surface area (Å²) < 4.78 is 79.7. The van der Waals surface area contributed by atoms with Gasteiger partial charge in [-0.2, -0.15) is 0 Å². The maximum atomic E-state index is 12.0. The highest BCUT2D eigenvalue weighted by molar-refractivity contribution is 5.28. The van der Waals surface area contributed by atoms with E-state index in [2.05, 4.69) is 19.3 Å². The number of alkyl halides is 6. The molecule has 0 atom stereocenters. The molecule has 0 bridgehead atoms.